The summed E-state index contributed by atoms with van der Waals surface area (Å²) in [5, 5.41) is 5.75. The predicted molar refractivity (Wildman–Crippen MR) is 571 cm³/mol. The van der Waals surface area contributed by atoms with E-state index in [0.29, 0.717) is 0 Å². The van der Waals surface area contributed by atoms with E-state index in [1.165, 1.54) is 155 Å². The third kappa shape index (κ3) is 13.1. The smallest absolute Gasteiger partial charge is 0.457 e. The highest BCUT2D eigenvalue weighted by Crippen LogP contribution is 2.66. The molecule has 0 bridgehead atoms. The van der Waals surface area contributed by atoms with Gasteiger partial charge in [0.1, 0.15) is 23.0 Å². The van der Waals surface area contributed by atoms with E-state index in [0.717, 1.165) is 78.7 Å². The normalized spacial score (nSPS) is 15.2. The highest BCUT2D eigenvalue weighted by Gasteiger charge is 2.56. The van der Waals surface area contributed by atoms with Gasteiger partial charge in [-0.3, -0.25) is 0 Å². The lowest BCUT2D eigenvalue weighted by molar-refractivity contribution is 0.00578. The van der Waals surface area contributed by atoms with Crippen LogP contribution in [-0.2, 0) is 31.0 Å². The van der Waals surface area contributed by atoms with Crippen molar-refractivity contribution in [2.45, 2.75) is 88.3 Å². The van der Waals surface area contributed by atoms with Crippen molar-refractivity contribution in [3.8, 4) is 101 Å². The molecule has 3 heterocycles. The number of halogens is 1. The molecular weight excluding hydrogens is 1700 g/mol. The molecule has 27 rings (SSSR count). The zero-order chi connectivity index (χ0) is 93.1. The van der Waals surface area contributed by atoms with E-state index in [4.69, 9.17) is 30.4 Å². The molecule has 662 valence electrons. The molecule has 7 aliphatic rings. The second-order valence-corrected chi connectivity index (χ2v) is 40.0. The summed E-state index contributed by atoms with van der Waals surface area (Å²) in [6.07, 6.45) is 0. The predicted octanol–water partition coefficient (Wildman–Crippen LogP) is 33.8. The molecule has 0 saturated carbocycles. The number of hydrogen-bond donors (Lipinski definition) is 0. The van der Waals surface area contributed by atoms with Gasteiger partial charge in [-0.15, -0.1) is 0 Å². The molecule has 0 aromatic heterocycles. The second kappa shape index (κ2) is 32.3. The molecular formula is C130H98BClN2O4. The highest BCUT2D eigenvalue weighted by molar-refractivity contribution is 6.62. The van der Waals surface area contributed by atoms with Crippen LogP contribution in [0.4, 0.5) is 34.1 Å². The topological polar surface area (TPSA) is 43.4 Å². The van der Waals surface area contributed by atoms with Crippen molar-refractivity contribution in [3.63, 3.8) is 0 Å². The first-order valence-electron chi connectivity index (χ1n) is 48.0. The van der Waals surface area contributed by atoms with E-state index >= 15 is 0 Å². The quantitative estimate of drug-likeness (QED) is 0.127. The molecule has 0 radical (unpaired) electrons. The average molecular weight is 1800 g/mol. The molecule has 0 amide bonds. The van der Waals surface area contributed by atoms with Gasteiger partial charge < -0.3 is 28.6 Å². The summed E-state index contributed by atoms with van der Waals surface area (Å²) in [7, 11) is -0.442. The summed E-state index contributed by atoms with van der Waals surface area (Å²) in [5.41, 5.74) is 38.5. The minimum absolute atomic E-state index is 0.0508. The van der Waals surface area contributed by atoms with Gasteiger partial charge in [0, 0.05) is 72.2 Å². The summed E-state index contributed by atoms with van der Waals surface area (Å²) < 4.78 is 26.2. The fraction of sp³-hybridized carbons (Fsp3) is 0.108. The summed E-state index contributed by atoms with van der Waals surface area (Å²) in [6.45, 7) is 17.8. The first kappa shape index (κ1) is 84.2. The van der Waals surface area contributed by atoms with Gasteiger partial charge in [-0.05, 0) is 292 Å². The Morgan fingerprint density at radius 2 is 0.522 bits per heavy atom. The Labute approximate surface area is 812 Å². The number of para-hydroxylation sites is 4. The summed E-state index contributed by atoms with van der Waals surface area (Å²) >= 11 is 6.24. The van der Waals surface area contributed by atoms with Crippen molar-refractivity contribution >= 4 is 79.9 Å². The SMILES string of the molecule is CC1(C)OB(c2ccc3c(c2)C2(c4ccccc4Oc4ccccc42)c2ccc4ccccc4c2-3)OC1(C)C.CC1(C)c2ccccc2-c2ccc(N(c3ccc(-c4ccccc4)cc3)c3ccc(-c4ccc5c(c4)C4(c6ccccc6Oc6ccccc64)c4ccc6ccccc6c4-5)cc3)cc21.CC1(C)c2ccccc2-c2ccc(N(c3ccc(Cl)cc3)c3ccc(-c4ccccc4)cc3)cc21. The molecule has 20 aromatic rings. The van der Waals surface area contributed by atoms with E-state index in [1.807, 2.05) is 18.2 Å². The molecule has 8 heteroatoms. The minimum atomic E-state index is -0.556. The Hall–Kier alpha value is -15.6. The molecule has 1 saturated heterocycles. The van der Waals surface area contributed by atoms with E-state index in [1.54, 1.807) is 0 Å². The van der Waals surface area contributed by atoms with Gasteiger partial charge in [0.25, 0.3) is 0 Å². The van der Waals surface area contributed by atoms with E-state index in [-0.39, 0.29) is 10.8 Å². The monoisotopic (exact) mass is 1800 g/mol. The van der Waals surface area contributed by atoms with Gasteiger partial charge in [0.15, 0.2) is 0 Å². The van der Waals surface area contributed by atoms with Crippen molar-refractivity contribution in [2.75, 3.05) is 9.80 Å². The van der Waals surface area contributed by atoms with Gasteiger partial charge in [0.05, 0.1) is 22.0 Å². The molecule has 138 heavy (non-hydrogen) atoms. The fourth-order valence-electron chi connectivity index (χ4n) is 23.5. The van der Waals surface area contributed by atoms with E-state index < -0.39 is 29.2 Å². The van der Waals surface area contributed by atoms with Crippen LogP contribution in [0.1, 0.15) is 122 Å². The summed E-state index contributed by atoms with van der Waals surface area (Å²) in [4.78, 5) is 4.72. The zero-order valence-electron chi connectivity index (χ0n) is 78.2. The second-order valence-electron chi connectivity index (χ2n) is 39.6. The summed E-state index contributed by atoms with van der Waals surface area (Å²) in [5.74, 6) is 3.59. The van der Waals surface area contributed by atoms with Crippen LogP contribution >= 0.6 is 11.6 Å². The van der Waals surface area contributed by atoms with Crippen molar-refractivity contribution in [1.82, 2.24) is 0 Å². The van der Waals surface area contributed by atoms with Crippen LogP contribution in [-0.4, -0.2) is 18.3 Å². The summed E-state index contributed by atoms with van der Waals surface area (Å²) in [6, 6.07) is 163. The molecule has 20 aromatic carbocycles. The number of anilines is 6. The third-order valence-corrected chi connectivity index (χ3v) is 31.1. The molecule has 6 nitrogen and oxygen atoms in total. The van der Waals surface area contributed by atoms with Crippen LogP contribution in [0, 0.1) is 0 Å². The maximum atomic E-state index is 6.68. The Morgan fingerprint density at radius 1 is 0.217 bits per heavy atom. The Balaban J connectivity index is 0.000000117. The van der Waals surface area contributed by atoms with Crippen LogP contribution in [0.5, 0.6) is 23.0 Å². The number of nitrogens with zero attached hydrogens (tertiary/aromatic N) is 2. The number of ether oxygens (including phenoxy) is 2. The van der Waals surface area contributed by atoms with Gasteiger partial charge in [-0.2, -0.15) is 0 Å². The third-order valence-electron chi connectivity index (χ3n) is 30.9. The lowest BCUT2D eigenvalue weighted by Gasteiger charge is -2.39. The minimum Gasteiger partial charge on any atom is -0.457 e. The first-order valence-corrected chi connectivity index (χ1v) is 48.4. The van der Waals surface area contributed by atoms with Crippen molar-refractivity contribution < 1.29 is 18.8 Å². The van der Waals surface area contributed by atoms with Crippen molar-refractivity contribution in [2.24, 2.45) is 0 Å². The lowest BCUT2D eigenvalue weighted by atomic mass is 9.65. The molecule has 0 atom stereocenters. The van der Waals surface area contributed by atoms with Gasteiger partial charge in [0.2, 0.25) is 0 Å². The van der Waals surface area contributed by atoms with Crippen molar-refractivity contribution in [1.29, 1.82) is 0 Å². The van der Waals surface area contributed by atoms with Crippen molar-refractivity contribution in [3.05, 3.63) is 521 Å². The molecule has 3 aliphatic heterocycles. The molecule has 0 N–H and O–H groups in total. The first-order chi connectivity index (χ1) is 67.3. The number of benzene rings is 20. The Kier molecular flexibility index (Phi) is 19.7. The Morgan fingerprint density at radius 3 is 0.935 bits per heavy atom. The molecule has 1 fully saturated rings. The number of hydrogen-bond acceptors (Lipinski definition) is 6. The molecule has 0 unspecified atom stereocenters. The van der Waals surface area contributed by atoms with Crippen LogP contribution in [0.25, 0.3) is 99.4 Å². The Bertz CT molecular complexity index is 8180. The van der Waals surface area contributed by atoms with Gasteiger partial charge in [-0.1, -0.05) is 373 Å². The van der Waals surface area contributed by atoms with Crippen LogP contribution in [0.3, 0.4) is 0 Å². The van der Waals surface area contributed by atoms with Crippen LogP contribution < -0.4 is 24.7 Å². The maximum absolute atomic E-state index is 6.68. The van der Waals surface area contributed by atoms with E-state index in [9.17, 15) is 0 Å². The fourth-order valence-corrected chi connectivity index (χ4v) is 23.6. The number of rotatable bonds is 10. The number of fused-ring (bicyclic) bond motifs is 28. The molecule has 4 aliphatic carbocycles. The van der Waals surface area contributed by atoms with Gasteiger partial charge >= 0.3 is 7.12 Å². The lowest BCUT2D eigenvalue weighted by Crippen LogP contribution is -2.41. The zero-order valence-corrected chi connectivity index (χ0v) is 79.0. The van der Waals surface area contributed by atoms with Gasteiger partial charge in [-0.25, -0.2) is 0 Å². The molecule has 2 spiro atoms. The highest BCUT2D eigenvalue weighted by atomic mass is 35.5. The largest absolute Gasteiger partial charge is 0.494 e. The van der Waals surface area contributed by atoms with Crippen LogP contribution in [0.15, 0.2) is 449 Å². The maximum Gasteiger partial charge on any atom is 0.494 e. The average Bonchev–Trinajstić information content (AvgIpc) is 1.51. The van der Waals surface area contributed by atoms with E-state index in [2.05, 4.69) is 496 Å². The standard InChI is InChI=1S/C62H43NO.C35H29BO3.C33H26ClN/c1-61(2)52-19-9-8-18-49(52)50-36-34-47(39-56(50)61)63(45-30-24-41(25-31-45)40-14-4-3-5-15-40)46-32-26-42(27-33-46)44-28-35-51-57(38-44)62(55-37-29-43-16-6-7-17-48(43)60(51)55)53-20-10-12-22-58(53)64-59-23-13-11-21-54(59)62;1-33(2)34(3,4)39-36(38-33)23-18-19-25-29(21-23)35(28-20-17-22-11-5-6-12-24(22)32(25)28)26-13-7-9-15-30(26)37-31-16-10-8-14-27(31)35;1-33(2)31-11-7-6-10-29(31)30-21-20-28(22-32(30)33)35(27-18-14-25(34)15-19-27)26-16-12-24(13-17-26)23-8-4-3-5-9-23/h3-39H,1-2H3;5-21H,1-4H3;3-22H,1-2H3. The van der Waals surface area contributed by atoms with Crippen LogP contribution in [0.2, 0.25) is 5.02 Å².